The van der Waals surface area contributed by atoms with E-state index < -0.39 is 27.9 Å². The lowest BCUT2D eigenvalue weighted by Gasteiger charge is -2.29. The van der Waals surface area contributed by atoms with Crippen molar-refractivity contribution in [2.75, 3.05) is 22.5 Å². The van der Waals surface area contributed by atoms with Crippen molar-refractivity contribution in [2.24, 2.45) is 0 Å². The molecular weight excluding hydrogens is 416 g/mol. The van der Waals surface area contributed by atoms with Gasteiger partial charge in [-0.1, -0.05) is 25.5 Å². The van der Waals surface area contributed by atoms with E-state index in [0.29, 0.717) is 23.5 Å². The summed E-state index contributed by atoms with van der Waals surface area (Å²) in [5, 5.41) is 2.72. The number of rotatable bonds is 9. The number of unbranched alkanes of at least 4 members (excludes halogenated alkanes) is 1. The number of aryl methyl sites for hydroxylation is 2. The SMILES string of the molecule is CCCCOC(=O)c1ccc(NC(=O)[C@@H](C)N(c2cc(C)ccc2C)S(C)(=O)=O)cc1. The molecule has 2 aromatic carbocycles. The topological polar surface area (TPSA) is 92.8 Å². The highest BCUT2D eigenvalue weighted by atomic mass is 32.2. The van der Waals surface area contributed by atoms with Gasteiger partial charge in [-0.25, -0.2) is 13.2 Å². The van der Waals surface area contributed by atoms with Crippen LogP contribution in [0.3, 0.4) is 0 Å². The van der Waals surface area contributed by atoms with E-state index in [9.17, 15) is 18.0 Å². The lowest BCUT2D eigenvalue weighted by atomic mass is 10.1. The number of esters is 1. The van der Waals surface area contributed by atoms with Crippen molar-refractivity contribution in [3.8, 4) is 0 Å². The minimum atomic E-state index is -3.71. The van der Waals surface area contributed by atoms with Gasteiger partial charge in [0, 0.05) is 5.69 Å². The summed E-state index contributed by atoms with van der Waals surface area (Å²) in [6.07, 6.45) is 2.82. The molecule has 1 N–H and O–H groups in total. The third-order valence-corrected chi connectivity index (χ3v) is 6.04. The number of carbonyl (C=O) groups excluding carboxylic acids is 2. The summed E-state index contributed by atoms with van der Waals surface area (Å²) in [7, 11) is -3.71. The van der Waals surface area contributed by atoms with E-state index in [1.54, 1.807) is 37.3 Å². The lowest BCUT2D eigenvalue weighted by molar-refractivity contribution is -0.116. The van der Waals surface area contributed by atoms with Crippen LogP contribution in [0.15, 0.2) is 42.5 Å². The maximum absolute atomic E-state index is 12.9. The summed E-state index contributed by atoms with van der Waals surface area (Å²) in [5.74, 6) is -0.900. The highest BCUT2D eigenvalue weighted by Gasteiger charge is 2.30. The third-order valence-electron chi connectivity index (χ3n) is 4.81. The molecule has 168 valence electrons. The first-order valence-corrected chi connectivity index (χ1v) is 12.0. The van der Waals surface area contributed by atoms with Gasteiger partial charge >= 0.3 is 5.97 Å². The van der Waals surface area contributed by atoms with Gasteiger partial charge in [0.1, 0.15) is 6.04 Å². The summed E-state index contributed by atoms with van der Waals surface area (Å²) < 4.78 is 31.3. The normalized spacial score (nSPS) is 12.2. The molecular formula is C23H30N2O5S. The molecule has 0 bridgehead atoms. The van der Waals surface area contributed by atoms with Crippen LogP contribution in [0.25, 0.3) is 0 Å². The number of nitrogens with zero attached hydrogens (tertiary/aromatic N) is 1. The van der Waals surface area contributed by atoms with Crippen LogP contribution in [0.1, 0.15) is 48.2 Å². The van der Waals surface area contributed by atoms with Crippen molar-refractivity contribution >= 4 is 33.3 Å². The first kappa shape index (κ1) is 24.4. The summed E-state index contributed by atoms with van der Waals surface area (Å²) in [5.41, 5.74) is 2.95. The van der Waals surface area contributed by atoms with Gasteiger partial charge in [0.25, 0.3) is 0 Å². The predicted octanol–water partition coefficient (Wildman–Crippen LogP) is 4.05. The zero-order valence-electron chi connectivity index (χ0n) is 18.6. The Morgan fingerprint density at radius 3 is 2.32 bits per heavy atom. The molecule has 8 heteroatoms. The molecule has 0 aliphatic carbocycles. The Balaban J connectivity index is 2.17. The molecule has 1 amide bonds. The molecule has 0 aliphatic heterocycles. The maximum Gasteiger partial charge on any atom is 0.338 e. The lowest BCUT2D eigenvalue weighted by Crippen LogP contribution is -2.45. The van der Waals surface area contributed by atoms with Crippen molar-refractivity contribution in [3.05, 3.63) is 59.2 Å². The number of amides is 1. The quantitative estimate of drug-likeness (QED) is 0.463. The number of sulfonamides is 1. The number of nitrogens with one attached hydrogen (secondary N) is 1. The second kappa shape index (κ2) is 10.4. The highest BCUT2D eigenvalue weighted by Crippen LogP contribution is 2.26. The van der Waals surface area contributed by atoms with Crippen LogP contribution >= 0.6 is 0 Å². The molecule has 0 fully saturated rings. The maximum atomic E-state index is 12.9. The van der Waals surface area contributed by atoms with Gasteiger partial charge in [-0.15, -0.1) is 0 Å². The summed E-state index contributed by atoms with van der Waals surface area (Å²) >= 11 is 0. The molecule has 0 aromatic heterocycles. The highest BCUT2D eigenvalue weighted by molar-refractivity contribution is 7.92. The number of hydrogen-bond donors (Lipinski definition) is 1. The van der Waals surface area contributed by atoms with Gasteiger partial charge in [0.15, 0.2) is 0 Å². The van der Waals surface area contributed by atoms with Crippen molar-refractivity contribution in [3.63, 3.8) is 0 Å². The van der Waals surface area contributed by atoms with E-state index in [-0.39, 0.29) is 0 Å². The van der Waals surface area contributed by atoms with E-state index in [4.69, 9.17) is 4.74 Å². The summed E-state index contributed by atoms with van der Waals surface area (Å²) in [6, 6.07) is 10.8. The van der Waals surface area contributed by atoms with Crippen LogP contribution in [-0.4, -0.2) is 39.2 Å². The molecule has 0 heterocycles. The van der Waals surface area contributed by atoms with E-state index >= 15 is 0 Å². The Hall–Kier alpha value is -2.87. The molecule has 2 aromatic rings. The van der Waals surface area contributed by atoms with Gasteiger partial charge in [-0.3, -0.25) is 9.10 Å². The molecule has 2 rings (SSSR count). The molecule has 0 spiro atoms. The molecule has 0 radical (unpaired) electrons. The average Bonchev–Trinajstić information content (AvgIpc) is 2.70. The fourth-order valence-electron chi connectivity index (χ4n) is 3.07. The van der Waals surface area contributed by atoms with Crippen LogP contribution in [0.4, 0.5) is 11.4 Å². The van der Waals surface area contributed by atoms with Gasteiger partial charge in [0.2, 0.25) is 15.9 Å². The third kappa shape index (κ3) is 6.55. The van der Waals surface area contributed by atoms with Gasteiger partial charge in [-0.05, 0) is 68.7 Å². The fourth-order valence-corrected chi connectivity index (χ4v) is 4.29. The van der Waals surface area contributed by atoms with Crippen molar-refractivity contribution < 1.29 is 22.7 Å². The van der Waals surface area contributed by atoms with Crippen molar-refractivity contribution in [1.82, 2.24) is 0 Å². The molecule has 7 nitrogen and oxygen atoms in total. The fraction of sp³-hybridized carbons (Fsp3) is 0.391. The number of hydrogen-bond acceptors (Lipinski definition) is 5. The van der Waals surface area contributed by atoms with E-state index in [1.165, 1.54) is 6.92 Å². The van der Waals surface area contributed by atoms with Gasteiger partial charge in [0.05, 0.1) is 24.1 Å². The Morgan fingerprint density at radius 2 is 1.74 bits per heavy atom. The monoisotopic (exact) mass is 446 g/mol. The molecule has 0 saturated carbocycles. The molecule has 0 saturated heterocycles. The van der Waals surface area contributed by atoms with Crippen molar-refractivity contribution in [2.45, 2.75) is 46.6 Å². The Bertz CT molecular complexity index is 1030. The van der Waals surface area contributed by atoms with E-state index in [0.717, 1.165) is 34.5 Å². The molecule has 0 aliphatic rings. The predicted molar refractivity (Wildman–Crippen MR) is 123 cm³/mol. The minimum absolute atomic E-state index is 0.366. The minimum Gasteiger partial charge on any atom is -0.462 e. The zero-order valence-corrected chi connectivity index (χ0v) is 19.5. The van der Waals surface area contributed by atoms with E-state index in [2.05, 4.69) is 5.32 Å². The van der Waals surface area contributed by atoms with Crippen LogP contribution in [-0.2, 0) is 19.6 Å². The van der Waals surface area contributed by atoms with E-state index in [1.807, 2.05) is 26.0 Å². The Kier molecular flexibility index (Phi) is 8.21. The summed E-state index contributed by atoms with van der Waals surface area (Å²) in [6.45, 7) is 7.58. The number of benzene rings is 2. The zero-order chi connectivity index (χ0) is 23.2. The standard InChI is InChI=1S/C23H30N2O5S/c1-6-7-14-30-23(27)19-10-12-20(13-11-19)24-22(26)18(4)25(31(5,28)29)21-15-16(2)8-9-17(21)3/h8-13,15,18H,6-7,14H2,1-5H3,(H,24,26)/t18-/m1/s1. The van der Waals surface area contributed by atoms with Crippen LogP contribution in [0.5, 0.6) is 0 Å². The average molecular weight is 447 g/mol. The molecule has 31 heavy (non-hydrogen) atoms. The number of carbonyl (C=O) groups is 2. The van der Waals surface area contributed by atoms with Gasteiger partial charge < -0.3 is 10.1 Å². The van der Waals surface area contributed by atoms with Gasteiger partial charge in [-0.2, -0.15) is 0 Å². The number of ether oxygens (including phenoxy) is 1. The van der Waals surface area contributed by atoms with Crippen LogP contribution in [0, 0.1) is 13.8 Å². The second-order valence-electron chi connectivity index (χ2n) is 7.58. The van der Waals surface area contributed by atoms with Crippen LogP contribution in [0.2, 0.25) is 0 Å². The van der Waals surface area contributed by atoms with Crippen molar-refractivity contribution in [1.29, 1.82) is 0 Å². The Labute approximate surface area is 184 Å². The first-order valence-electron chi connectivity index (χ1n) is 10.2. The largest absolute Gasteiger partial charge is 0.462 e. The smallest absolute Gasteiger partial charge is 0.338 e. The molecule has 1 atom stereocenters. The van der Waals surface area contributed by atoms with Crippen LogP contribution < -0.4 is 9.62 Å². The second-order valence-corrected chi connectivity index (χ2v) is 9.44. The first-order chi connectivity index (χ1) is 14.5. The Morgan fingerprint density at radius 1 is 1.10 bits per heavy atom. The number of anilines is 2. The molecule has 0 unspecified atom stereocenters. The summed E-state index contributed by atoms with van der Waals surface area (Å²) in [4.78, 5) is 24.8.